The van der Waals surface area contributed by atoms with Crippen LogP contribution in [0, 0.1) is 11.3 Å². The summed E-state index contributed by atoms with van der Waals surface area (Å²) in [4.78, 5) is 15.7. The zero-order valence-electron chi connectivity index (χ0n) is 18.9. The minimum Gasteiger partial charge on any atom is -0.494 e. The van der Waals surface area contributed by atoms with E-state index in [9.17, 15) is 31.1 Å². The molecule has 1 amide bonds. The fourth-order valence-electron chi connectivity index (χ4n) is 3.59. The molecule has 0 spiro atoms. The Labute approximate surface area is 212 Å². The van der Waals surface area contributed by atoms with Crippen LogP contribution in [-0.4, -0.2) is 40.1 Å². The van der Waals surface area contributed by atoms with Crippen molar-refractivity contribution in [3.63, 3.8) is 0 Å². The van der Waals surface area contributed by atoms with Crippen LogP contribution >= 0.6 is 24.0 Å². The molecule has 1 aliphatic rings. The zero-order chi connectivity index (χ0) is 26.9. The third-order valence-corrected chi connectivity index (χ3v) is 6.51. The number of anilines is 1. The lowest BCUT2D eigenvalue weighted by atomic mass is 10.0. The van der Waals surface area contributed by atoms with Gasteiger partial charge >= 0.3 is 11.7 Å². The number of amides is 1. The van der Waals surface area contributed by atoms with E-state index in [1.165, 1.54) is 36.4 Å². The average Bonchev–Trinajstić information content (AvgIpc) is 2.94. The van der Waals surface area contributed by atoms with Crippen LogP contribution in [0.4, 0.5) is 32.0 Å². The number of halogens is 6. The second-order valence-corrected chi connectivity index (χ2v) is 9.70. The summed E-state index contributed by atoms with van der Waals surface area (Å²) in [5.41, 5.74) is -7.37. The highest BCUT2D eigenvalue weighted by Gasteiger charge is 2.49. The van der Waals surface area contributed by atoms with E-state index < -0.39 is 34.3 Å². The maximum absolute atomic E-state index is 13.4. The molecule has 0 bridgehead atoms. The van der Waals surface area contributed by atoms with Gasteiger partial charge in [0.2, 0.25) is 0 Å². The molecule has 36 heavy (non-hydrogen) atoms. The second kappa shape index (κ2) is 10.2. The van der Waals surface area contributed by atoms with E-state index in [1.54, 1.807) is 18.7 Å². The third-order valence-electron chi connectivity index (χ3n) is 5.36. The summed E-state index contributed by atoms with van der Waals surface area (Å²) in [6.07, 6.45) is -4.42. The van der Waals surface area contributed by atoms with Crippen LogP contribution in [-0.2, 0) is 11.0 Å². The third kappa shape index (κ3) is 6.04. The van der Waals surface area contributed by atoms with Gasteiger partial charge in [0, 0.05) is 11.4 Å². The maximum atomic E-state index is 13.4. The predicted molar refractivity (Wildman–Crippen MR) is 125 cm³/mol. The molecule has 192 valence electrons. The van der Waals surface area contributed by atoms with Gasteiger partial charge in [0.05, 0.1) is 29.5 Å². The smallest absolute Gasteiger partial charge is 0.446 e. The van der Waals surface area contributed by atoms with Crippen LogP contribution in [0.15, 0.2) is 47.4 Å². The minimum atomic E-state index is -4.79. The molecule has 0 aromatic heterocycles. The van der Waals surface area contributed by atoms with Crippen LogP contribution < -0.4 is 9.64 Å². The summed E-state index contributed by atoms with van der Waals surface area (Å²) in [5, 5.41) is 9.02. The monoisotopic (exact) mass is 547 g/mol. The normalized spacial score (nSPS) is 15.9. The first-order valence-corrected chi connectivity index (χ1v) is 11.6. The predicted octanol–water partition coefficient (Wildman–Crippen LogP) is 6.37. The Bertz CT molecular complexity index is 1190. The molecular weight excluding hydrogens is 528 g/mol. The van der Waals surface area contributed by atoms with E-state index >= 15 is 0 Å². The van der Waals surface area contributed by atoms with Crippen molar-refractivity contribution in [1.29, 1.82) is 5.26 Å². The molecule has 1 saturated heterocycles. The highest BCUT2D eigenvalue weighted by Crippen LogP contribution is 2.39. The van der Waals surface area contributed by atoms with Crippen LogP contribution in [0.5, 0.6) is 5.75 Å². The van der Waals surface area contributed by atoms with Crippen molar-refractivity contribution >= 4 is 40.7 Å². The summed E-state index contributed by atoms with van der Waals surface area (Å²) < 4.78 is 83.1. The Hall–Kier alpha value is -2.98. The topological polar surface area (TPSA) is 56.6 Å². The Morgan fingerprint density at radius 3 is 2.28 bits per heavy atom. The van der Waals surface area contributed by atoms with Gasteiger partial charge in [0.25, 0.3) is 5.91 Å². The van der Waals surface area contributed by atoms with Gasteiger partial charge in [0.15, 0.2) is 5.11 Å². The van der Waals surface area contributed by atoms with Crippen molar-refractivity contribution in [3.8, 4) is 11.8 Å². The molecular formula is C23H19F6N3O2S2. The second-order valence-electron chi connectivity index (χ2n) is 8.19. The van der Waals surface area contributed by atoms with Gasteiger partial charge in [0.1, 0.15) is 11.3 Å². The van der Waals surface area contributed by atoms with Crippen molar-refractivity contribution in [2.24, 2.45) is 0 Å². The van der Waals surface area contributed by atoms with Gasteiger partial charge in [-0.2, -0.15) is 31.6 Å². The number of hydrogen-bond acceptors (Lipinski definition) is 5. The number of nitrogens with zero attached hydrogens (tertiary/aromatic N) is 3. The highest BCUT2D eigenvalue weighted by molar-refractivity contribution is 8.00. The summed E-state index contributed by atoms with van der Waals surface area (Å²) in [6, 6.07) is 9.85. The summed E-state index contributed by atoms with van der Waals surface area (Å²) >= 11 is 5.18. The van der Waals surface area contributed by atoms with Crippen molar-refractivity contribution in [3.05, 3.63) is 53.6 Å². The lowest BCUT2D eigenvalue weighted by molar-refractivity contribution is -0.137. The van der Waals surface area contributed by atoms with Gasteiger partial charge in [-0.25, -0.2) is 0 Å². The molecule has 5 nitrogen and oxygen atoms in total. The fraction of sp³-hybridized carbons (Fsp3) is 0.348. The number of ether oxygens (including phenoxy) is 1. The molecule has 0 aliphatic carbocycles. The molecule has 0 radical (unpaired) electrons. The number of rotatable bonds is 7. The van der Waals surface area contributed by atoms with E-state index in [2.05, 4.69) is 0 Å². The van der Waals surface area contributed by atoms with Crippen LogP contribution in [0.25, 0.3) is 0 Å². The molecule has 0 atom stereocenters. The van der Waals surface area contributed by atoms with Gasteiger partial charge < -0.3 is 9.64 Å². The fourth-order valence-corrected chi connectivity index (χ4v) is 4.64. The number of thioether (sulfide) groups is 1. The van der Waals surface area contributed by atoms with Crippen LogP contribution in [0.2, 0.25) is 0 Å². The molecule has 1 fully saturated rings. The van der Waals surface area contributed by atoms with Gasteiger partial charge in [-0.3, -0.25) is 9.69 Å². The highest BCUT2D eigenvalue weighted by atomic mass is 32.2. The number of carbonyl (C=O) groups excluding carboxylic acids is 1. The first-order valence-electron chi connectivity index (χ1n) is 10.4. The first kappa shape index (κ1) is 27.6. The molecule has 1 heterocycles. The van der Waals surface area contributed by atoms with Gasteiger partial charge in [-0.15, -0.1) is 0 Å². The molecule has 0 unspecified atom stereocenters. The van der Waals surface area contributed by atoms with E-state index in [0.717, 1.165) is 17.0 Å². The van der Waals surface area contributed by atoms with Crippen molar-refractivity contribution in [2.45, 2.75) is 42.4 Å². The van der Waals surface area contributed by atoms with E-state index in [1.807, 2.05) is 0 Å². The summed E-state index contributed by atoms with van der Waals surface area (Å²) in [5.74, 6) is -0.163. The van der Waals surface area contributed by atoms with Crippen LogP contribution in [0.3, 0.4) is 0 Å². The largest absolute Gasteiger partial charge is 0.494 e. The molecule has 1 aliphatic heterocycles. The van der Waals surface area contributed by atoms with E-state index in [-0.39, 0.29) is 40.6 Å². The SMILES string of the molecule is CC1(C)C(=O)N(c2ccc(C#N)c(C(F)(F)F)c2)C(=S)N1CCCOc1ccc(SC(F)(F)F)cc1. The molecule has 2 aromatic rings. The zero-order valence-corrected chi connectivity index (χ0v) is 20.5. The number of nitriles is 1. The van der Waals surface area contributed by atoms with E-state index in [0.29, 0.717) is 12.2 Å². The van der Waals surface area contributed by atoms with Gasteiger partial charge in [-0.1, -0.05) is 0 Å². The first-order chi connectivity index (χ1) is 16.6. The lowest BCUT2D eigenvalue weighted by Crippen LogP contribution is -2.44. The Balaban J connectivity index is 1.67. The number of thiocarbonyl (C=S) groups is 1. The van der Waals surface area contributed by atoms with Crippen molar-refractivity contribution < 1.29 is 35.9 Å². The quantitative estimate of drug-likeness (QED) is 0.174. The molecule has 0 N–H and O–H groups in total. The number of hydrogen-bond donors (Lipinski definition) is 0. The lowest BCUT2D eigenvalue weighted by Gasteiger charge is -2.29. The Kier molecular flexibility index (Phi) is 7.80. The summed E-state index contributed by atoms with van der Waals surface area (Å²) in [7, 11) is 0. The number of carbonyl (C=O) groups is 1. The molecule has 13 heteroatoms. The van der Waals surface area contributed by atoms with Gasteiger partial charge in [-0.05, 0) is 86.7 Å². The van der Waals surface area contributed by atoms with Crippen LogP contribution in [0.1, 0.15) is 31.4 Å². The van der Waals surface area contributed by atoms with Crippen molar-refractivity contribution in [2.75, 3.05) is 18.1 Å². The Morgan fingerprint density at radius 1 is 1.08 bits per heavy atom. The molecule has 3 rings (SSSR count). The van der Waals surface area contributed by atoms with E-state index in [4.69, 9.17) is 22.2 Å². The standard InChI is InChI=1S/C23H19F6N3O2S2/c1-21(2)19(33)32(15-5-4-14(13-30)18(12-15)22(24,25)26)20(35)31(21)10-3-11-34-16-6-8-17(9-7-16)36-23(27,28)29/h4-9,12H,3,10-11H2,1-2H3. The number of alkyl halides is 6. The molecule has 0 saturated carbocycles. The van der Waals surface area contributed by atoms with Crippen molar-refractivity contribution in [1.82, 2.24) is 4.90 Å². The maximum Gasteiger partial charge on any atom is 0.446 e. The summed E-state index contributed by atoms with van der Waals surface area (Å²) in [6.45, 7) is 3.57. The average molecular weight is 548 g/mol. The minimum absolute atomic E-state index is 0.0105. The molecule has 2 aromatic carbocycles. The Morgan fingerprint density at radius 2 is 1.72 bits per heavy atom. The number of benzene rings is 2.